The number of rotatable bonds is 5. The maximum Gasteiger partial charge on any atom is 0.122 e. The second-order valence-corrected chi connectivity index (χ2v) is 9.44. The first kappa shape index (κ1) is 22.6. The van der Waals surface area contributed by atoms with Crippen molar-refractivity contribution in [3.63, 3.8) is 0 Å². The van der Waals surface area contributed by atoms with Crippen molar-refractivity contribution in [1.82, 2.24) is 0 Å². The van der Waals surface area contributed by atoms with Crippen LogP contribution >= 0.6 is 11.8 Å². The molecule has 0 unspecified atom stereocenters. The van der Waals surface area contributed by atoms with E-state index in [2.05, 4.69) is 0 Å². The van der Waals surface area contributed by atoms with Gasteiger partial charge in [-0.05, 0) is 126 Å². The highest BCUT2D eigenvalue weighted by molar-refractivity contribution is 7.99. The van der Waals surface area contributed by atoms with Gasteiger partial charge in [0.05, 0.1) is 0 Å². The van der Waals surface area contributed by atoms with Gasteiger partial charge in [-0.2, -0.15) is 0 Å². The second kappa shape index (κ2) is 9.12. The molecule has 0 fully saturated rings. The first-order valence-electron chi connectivity index (χ1n) is 10.6. The molecular formula is C28H26O4S. The van der Waals surface area contributed by atoms with Gasteiger partial charge in [-0.25, -0.2) is 0 Å². The third kappa shape index (κ3) is 4.94. The molecule has 4 nitrogen and oxygen atoms in total. The molecule has 4 aromatic carbocycles. The van der Waals surface area contributed by atoms with Crippen LogP contribution in [-0.4, -0.2) is 20.4 Å². The average Bonchev–Trinajstić information content (AvgIpc) is 2.78. The Labute approximate surface area is 197 Å². The zero-order chi connectivity index (χ0) is 23.7. The number of hydrogen-bond donors (Lipinski definition) is 4. The fourth-order valence-corrected chi connectivity index (χ4v) is 4.85. The quantitative estimate of drug-likeness (QED) is 0.263. The molecule has 0 aromatic heterocycles. The minimum absolute atomic E-state index is 0.164. The molecule has 0 spiro atoms. The Balaban J connectivity index is 1.74. The molecule has 0 aliphatic carbocycles. The molecule has 0 amide bonds. The number of benzene rings is 4. The summed E-state index contributed by atoms with van der Waals surface area (Å²) in [4.78, 5) is 1.92. The fraction of sp³-hybridized carbons (Fsp3) is 0.143. The highest BCUT2D eigenvalue weighted by Crippen LogP contribution is 2.38. The Kier molecular flexibility index (Phi) is 6.25. The van der Waals surface area contributed by atoms with E-state index in [0.717, 1.165) is 48.7 Å². The summed E-state index contributed by atoms with van der Waals surface area (Å²) in [5, 5.41) is 40.6. The van der Waals surface area contributed by atoms with E-state index in [1.807, 2.05) is 63.2 Å². The molecule has 4 rings (SSSR count). The van der Waals surface area contributed by atoms with E-state index >= 15 is 0 Å². The van der Waals surface area contributed by atoms with Crippen LogP contribution in [0.2, 0.25) is 0 Å². The zero-order valence-electron chi connectivity index (χ0n) is 18.8. The van der Waals surface area contributed by atoms with Gasteiger partial charge in [0.1, 0.15) is 23.0 Å². The Morgan fingerprint density at radius 1 is 0.576 bits per heavy atom. The SMILES string of the molecule is Cc1cc(-c2cc(C)c(O)c(Cc3cc(O)ccc3Sc3ccc(O)cc3)c2)cc(C)c1O. The molecule has 5 heteroatoms. The Morgan fingerprint density at radius 2 is 1.12 bits per heavy atom. The molecule has 0 saturated carbocycles. The summed E-state index contributed by atoms with van der Waals surface area (Å²) >= 11 is 1.54. The van der Waals surface area contributed by atoms with Crippen LogP contribution in [0.3, 0.4) is 0 Å². The number of hydrogen-bond acceptors (Lipinski definition) is 5. The Bertz CT molecular complexity index is 1300. The van der Waals surface area contributed by atoms with Crippen molar-refractivity contribution in [3.8, 4) is 34.1 Å². The molecule has 4 aromatic rings. The van der Waals surface area contributed by atoms with Gasteiger partial charge in [0.15, 0.2) is 0 Å². The van der Waals surface area contributed by atoms with Gasteiger partial charge in [0, 0.05) is 16.2 Å². The van der Waals surface area contributed by atoms with Crippen LogP contribution in [0.15, 0.2) is 76.5 Å². The lowest BCUT2D eigenvalue weighted by Gasteiger charge is -2.15. The van der Waals surface area contributed by atoms with Crippen molar-refractivity contribution < 1.29 is 20.4 Å². The van der Waals surface area contributed by atoms with Crippen LogP contribution in [0.4, 0.5) is 0 Å². The number of phenols is 4. The van der Waals surface area contributed by atoms with E-state index in [4.69, 9.17) is 0 Å². The van der Waals surface area contributed by atoms with E-state index in [-0.39, 0.29) is 17.2 Å². The lowest BCUT2D eigenvalue weighted by Crippen LogP contribution is -1.95. The van der Waals surface area contributed by atoms with Gasteiger partial charge in [-0.3, -0.25) is 0 Å². The molecule has 0 saturated heterocycles. The monoisotopic (exact) mass is 458 g/mol. The molecular weight excluding hydrogens is 432 g/mol. The van der Waals surface area contributed by atoms with E-state index in [0.29, 0.717) is 12.2 Å². The van der Waals surface area contributed by atoms with Crippen LogP contribution in [0.5, 0.6) is 23.0 Å². The third-order valence-corrected chi connectivity index (χ3v) is 6.82. The van der Waals surface area contributed by atoms with Gasteiger partial charge in [0.25, 0.3) is 0 Å². The molecule has 33 heavy (non-hydrogen) atoms. The van der Waals surface area contributed by atoms with Crippen molar-refractivity contribution >= 4 is 11.8 Å². The van der Waals surface area contributed by atoms with Crippen molar-refractivity contribution in [2.75, 3.05) is 0 Å². The largest absolute Gasteiger partial charge is 0.508 e. The van der Waals surface area contributed by atoms with Gasteiger partial charge >= 0.3 is 0 Å². The minimum Gasteiger partial charge on any atom is -0.508 e. The maximum atomic E-state index is 10.8. The fourth-order valence-electron chi connectivity index (χ4n) is 3.93. The van der Waals surface area contributed by atoms with Crippen LogP contribution in [0.1, 0.15) is 27.8 Å². The van der Waals surface area contributed by atoms with Crippen LogP contribution < -0.4 is 0 Å². The van der Waals surface area contributed by atoms with Gasteiger partial charge < -0.3 is 20.4 Å². The molecule has 0 bridgehead atoms. The second-order valence-electron chi connectivity index (χ2n) is 8.32. The van der Waals surface area contributed by atoms with E-state index in [1.54, 1.807) is 24.3 Å². The smallest absolute Gasteiger partial charge is 0.122 e. The molecule has 0 radical (unpaired) electrons. The van der Waals surface area contributed by atoms with Crippen molar-refractivity contribution in [1.29, 1.82) is 0 Å². The zero-order valence-corrected chi connectivity index (χ0v) is 19.6. The number of phenolic OH excluding ortho intramolecular Hbond substituents is 4. The van der Waals surface area contributed by atoms with Gasteiger partial charge in [-0.15, -0.1) is 0 Å². The van der Waals surface area contributed by atoms with Gasteiger partial charge in [-0.1, -0.05) is 11.8 Å². The maximum absolute atomic E-state index is 10.8. The first-order valence-corrected chi connectivity index (χ1v) is 11.4. The summed E-state index contributed by atoms with van der Waals surface area (Å²) in [5.41, 5.74) is 5.94. The van der Waals surface area contributed by atoms with E-state index in [9.17, 15) is 20.4 Å². The predicted molar refractivity (Wildman–Crippen MR) is 133 cm³/mol. The third-order valence-electron chi connectivity index (χ3n) is 5.69. The summed E-state index contributed by atoms with van der Waals surface area (Å²) in [5.74, 6) is 0.902. The van der Waals surface area contributed by atoms with Crippen LogP contribution in [0, 0.1) is 20.8 Å². The highest BCUT2D eigenvalue weighted by Gasteiger charge is 2.14. The predicted octanol–water partition coefficient (Wildman–Crippen LogP) is 6.84. The highest BCUT2D eigenvalue weighted by atomic mass is 32.2. The minimum atomic E-state index is 0.164. The lowest BCUT2D eigenvalue weighted by molar-refractivity contribution is 0.464. The summed E-state index contributed by atoms with van der Waals surface area (Å²) in [6.07, 6.45) is 0.436. The molecule has 4 N–H and O–H groups in total. The summed E-state index contributed by atoms with van der Waals surface area (Å²) in [7, 11) is 0. The first-order chi connectivity index (χ1) is 15.7. The van der Waals surface area contributed by atoms with Crippen molar-refractivity contribution in [2.24, 2.45) is 0 Å². The molecule has 0 aliphatic rings. The Morgan fingerprint density at radius 3 is 1.76 bits per heavy atom. The topological polar surface area (TPSA) is 80.9 Å². The number of aromatic hydroxyl groups is 4. The molecule has 0 atom stereocenters. The summed E-state index contributed by atoms with van der Waals surface area (Å²) < 4.78 is 0. The molecule has 0 aliphatic heterocycles. The lowest BCUT2D eigenvalue weighted by atomic mass is 9.93. The standard InChI is InChI=1S/C28H26O4S/c1-16-10-19(11-17(2)27(16)31)20-12-18(3)28(32)22(13-20)14-21-15-24(30)6-9-26(21)33-25-7-4-23(29)5-8-25/h4-13,15,29-32H,14H2,1-3H3. The average molecular weight is 459 g/mol. The van der Waals surface area contributed by atoms with Gasteiger partial charge in [0.2, 0.25) is 0 Å². The van der Waals surface area contributed by atoms with Crippen LogP contribution in [-0.2, 0) is 6.42 Å². The number of aryl methyl sites for hydroxylation is 3. The normalized spacial score (nSPS) is 11.0. The van der Waals surface area contributed by atoms with Crippen molar-refractivity contribution in [3.05, 3.63) is 94.5 Å². The Hall–Kier alpha value is -3.57. The summed E-state index contributed by atoms with van der Waals surface area (Å²) in [6.45, 7) is 5.62. The van der Waals surface area contributed by atoms with Crippen molar-refractivity contribution in [2.45, 2.75) is 37.0 Å². The van der Waals surface area contributed by atoms with E-state index in [1.165, 1.54) is 11.8 Å². The molecule has 168 valence electrons. The molecule has 0 heterocycles. The van der Waals surface area contributed by atoms with Crippen LogP contribution in [0.25, 0.3) is 11.1 Å². The van der Waals surface area contributed by atoms with E-state index < -0.39 is 0 Å². The summed E-state index contributed by atoms with van der Waals surface area (Å²) in [6, 6.07) is 20.0.